The first kappa shape index (κ1) is 16.2. The van der Waals surface area contributed by atoms with Crippen molar-refractivity contribution in [3.8, 4) is 5.69 Å². The van der Waals surface area contributed by atoms with Gasteiger partial charge in [-0.1, -0.05) is 12.1 Å². The number of fused-ring (bicyclic) bond motifs is 3. The number of imidazole rings is 1. The van der Waals surface area contributed by atoms with Crippen molar-refractivity contribution in [3.63, 3.8) is 0 Å². The third-order valence-electron chi connectivity index (χ3n) is 4.44. The Kier molecular flexibility index (Phi) is 4.06. The lowest BCUT2D eigenvalue weighted by Gasteiger charge is -2.11. The number of carbonyl (C=O) groups is 1. The summed E-state index contributed by atoms with van der Waals surface area (Å²) in [6.45, 7) is 1.14. The van der Waals surface area contributed by atoms with Gasteiger partial charge in [0.25, 0.3) is 5.91 Å². The topological polar surface area (TPSA) is 102 Å². The molecule has 1 amide bonds. The van der Waals surface area contributed by atoms with Crippen molar-refractivity contribution in [2.75, 3.05) is 13.2 Å². The number of rotatable bonds is 3. The van der Waals surface area contributed by atoms with Gasteiger partial charge in [-0.15, -0.1) is 0 Å². The van der Waals surface area contributed by atoms with E-state index in [2.05, 4.69) is 15.0 Å². The number of hydrogen-bond donors (Lipinski definition) is 2. The molecule has 0 bridgehead atoms. The van der Waals surface area contributed by atoms with Gasteiger partial charge in [0.1, 0.15) is 11.2 Å². The lowest BCUT2D eigenvalue weighted by molar-refractivity contribution is 0.0853. The van der Waals surface area contributed by atoms with E-state index >= 15 is 0 Å². The number of nitrogens with zero attached hydrogens (tertiary/aromatic N) is 2. The number of hydrogen-bond acceptors (Lipinski definition) is 5. The third kappa shape index (κ3) is 2.94. The van der Waals surface area contributed by atoms with Gasteiger partial charge >= 0.3 is 0 Å². The van der Waals surface area contributed by atoms with Crippen LogP contribution in [-0.4, -0.2) is 43.1 Å². The zero-order valence-corrected chi connectivity index (χ0v) is 14.3. The molecule has 0 aliphatic carbocycles. The summed E-state index contributed by atoms with van der Waals surface area (Å²) in [6, 6.07) is 6.64. The fourth-order valence-electron chi connectivity index (χ4n) is 3.16. The Hall–Kier alpha value is -2.23. The maximum atomic E-state index is 12.5. The Morgan fingerprint density at radius 3 is 3.04 bits per heavy atom. The van der Waals surface area contributed by atoms with Crippen LogP contribution >= 0.6 is 0 Å². The average molecular weight is 362 g/mol. The molecule has 1 aromatic carbocycles. The first-order chi connectivity index (χ1) is 12.1. The van der Waals surface area contributed by atoms with Gasteiger partial charge in [-0.05, 0) is 25.0 Å². The zero-order valence-electron chi connectivity index (χ0n) is 13.4. The molecule has 0 spiro atoms. The number of carbonyl (C=O) groups excluding carboxylic acids is 1. The van der Waals surface area contributed by atoms with Crippen LogP contribution in [-0.2, 0) is 21.3 Å². The fraction of sp³-hybridized carbons (Fsp3) is 0.375. The van der Waals surface area contributed by atoms with Gasteiger partial charge in [-0.25, -0.2) is 18.1 Å². The summed E-state index contributed by atoms with van der Waals surface area (Å²) < 4.78 is 34.4. The quantitative estimate of drug-likeness (QED) is 0.831. The number of aromatic nitrogens is 2. The summed E-state index contributed by atoms with van der Waals surface area (Å²) in [5.74, 6) is -0.331. The molecule has 2 aliphatic rings. The number of nitrogens with one attached hydrogen (secondary N) is 2. The number of ether oxygens (including phenoxy) is 1. The van der Waals surface area contributed by atoms with Crippen LogP contribution in [0.4, 0.5) is 0 Å². The monoisotopic (exact) mass is 362 g/mol. The fourth-order valence-corrected chi connectivity index (χ4v) is 4.34. The van der Waals surface area contributed by atoms with Gasteiger partial charge in [0, 0.05) is 13.2 Å². The lowest BCUT2D eigenvalue weighted by atomic mass is 10.2. The largest absolute Gasteiger partial charge is 0.376 e. The minimum Gasteiger partial charge on any atom is -0.376 e. The second-order valence-corrected chi connectivity index (χ2v) is 7.78. The molecule has 1 aromatic heterocycles. The minimum absolute atomic E-state index is 0.000302. The number of para-hydroxylation sites is 1. The average Bonchev–Trinajstić information content (AvgIpc) is 3.25. The van der Waals surface area contributed by atoms with Gasteiger partial charge in [-0.2, -0.15) is 0 Å². The van der Waals surface area contributed by atoms with Crippen molar-refractivity contribution in [2.45, 2.75) is 30.4 Å². The highest BCUT2D eigenvalue weighted by Crippen LogP contribution is 2.26. The number of sulfonamides is 1. The molecule has 25 heavy (non-hydrogen) atoms. The Morgan fingerprint density at radius 1 is 1.40 bits per heavy atom. The van der Waals surface area contributed by atoms with Gasteiger partial charge < -0.3 is 10.1 Å². The predicted octanol–water partition coefficient (Wildman–Crippen LogP) is 0.573. The van der Waals surface area contributed by atoms with E-state index in [9.17, 15) is 13.2 Å². The van der Waals surface area contributed by atoms with Crippen LogP contribution in [0.3, 0.4) is 0 Å². The van der Waals surface area contributed by atoms with Crippen molar-refractivity contribution in [1.29, 1.82) is 0 Å². The van der Waals surface area contributed by atoms with E-state index in [4.69, 9.17) is 4.74 Å². The molecule has 0 saturated carbocycles. The van der Waals surface area contributed by atoms with Crippen molar-refractivity contribution in [2.24, 2.45) is 0 Å². The summed E-state index contributed by atoms with van der Waals surface area (Å²) >= 11 is 0. The molecule has 4 rings (SSSR count). The van der Waals surface area contributed by atoms with Gasteiger partial charge in [0.2, 0.25) is 10.0 Å². The summed E-state index contributed by atoms with van der Waals surface area (Å²) in [4.78, 5) is 16.9. The molecule has 132 valence electrons. The summed E-state index contributed by atoms with van der Waals surface area (Å²) in [5.41, 5.74) is 1.21. The minimum atomic E-state index is -3.63. The van der Waals surface area contributed by atoms with Crippen LogP contribution in [0.5, 0.6) is 0 Å². The number of amides is 1. The molecule has 8 nitrogen and oxygen atoms in total. The van der Waals surface area contributed by atoms with E-state index in [1.165, 1.54) is 12.4 Å². The lowest BCUT2D eigenvalue weighted by Crippen LogP contribution is -2.33. The van der Waals surface area contributed by atoms with Gasteiger partial charge in [0.05, 0.1) is 24.0 Å². The van der Waals surface area contributed by atoms with Crippen molar-refractivity contribution < 1.29 is 17.9 Å². The Morgan fingerprint density at radius 2 is 2.24 bits per heavy atom. The maximum absolute atomic E-state index is 12.5. The number of benzene rings is 1. The van der Waals surface area contributed by atoms with E-state index < -0.39 is 10.0 Å². The Bertz CT molecular complexity index is 916. The third-order valence-corrected chi connectivity index (χ3v) is 5.89. The van der Waals surface area contributed by atoms with E-state index in [0.717, 1.165) is 19.4 Å². The highest BCUT2D eigenvalue weighted by molar-refractivity contribution is 7.89. The van der Waals surface area contributed by atoms with E-state index in [-0.39, 0.29) is 29.1 Å². The van der Waals surface area contributed by atoms with E-state index in [0.29, 0.717) is 17.9 Å². The van der Waals surface area contributed by atoms with Gasteiger partial charge in [0.15, 0.2) is 5.69 Å². The zero-order chi connectivity index (χ0) is 17.4. The van der Waals surface area contributed by atoms with Crippen molar-refractivity contribution in [3.05, 3.63) is 42.0 Å². The van der Waals surface area contributed by atoms with Crippen molar-refractivity contribution in [1.82, 2.24) is 19.6 Å². The molecule has 1 saturated heterocycles. The van der Waals surface area contributed by atoms with Crippen molar-refractivity contribution >= 4 is 15.9 Å². The summed E-state index contributed by atoms with van der Waals surface area (Å²) in [5, 5.41) is 2.83. The highest BCUT2D eigenvalue weighted by Gasteiger charge is 2.28. The standard InChI is InChI=1S/C16H18N4O4S/c21-16(17-8-11-4-3-7-24-11)15-13-9-19-25(22,23)14-6-2-1-5-12(14)20(13)10-18-15/h1-2,5-6,10-11,19H,3-4,7-9H2,(H,17,21). The van der Waals surface area contributed by atoms with Crippen LogP contribution in [0.1, 0.15) is 29.0 Å². The molecular weight excluding hydrogens is 344 g/mol. The second-order valence-electron chi connectivity index (χ2n) is 6.05. The summed E-state index contributed by atoms with van der Waals surface area (Å²) in [6.07, 6.45) is 3.44. The van der Waals surface area contributed by atoms with E-state index in [1.54, 1.807) is 22.8 Å². The molecular formula is C16H18N4O4S. The molecule has 9 heteroatoms. The Balaban J connectivity index is 1.65. The van der Waals surface area contributed by atoms with E-state index in [1.807, 2.05) is 0 Å². The Labute approximate surface area is 145 Å². The first-order valence-electron chi connectivity index (χ1n) is 8.11. The molecule has 0 radical (unpaired) electrons. The molecule has 2 aliphatic heterocycles. The smallest absolute Gasteiger partial charge is 0.271 e. The molecule has 2 aromatic rings. The molecule has 3 heterocycles. The SMILES string of the molecule is O=C(NCC1CCCO1)c1ncn2c1CNS(=O)(=O)c1ccccc1-2. The molecule has 1 unspecified atom stereocenters. The van der Waals surface area contributed by atoms with Crippen LogP contribution in [0.2, 0.25) is 0 Å². The second kappa shape index (κ2) is 6.25. The van der Waals surface area contributed by atoms with Crippen LogP contribution in [0.25, 0.3) is 5.69 Å². The summed E-state index contributed by atoms with van der Waals surface area (Å²) in [7, 11) is -3.63. The molecule has 1 fully saturated rings. The molecule has 2 N–H and O–H groups in total. The molecule has 1 atom stereocenters. The van der Waals surface area contributed by atoms with Crippen LogP contribution in [0, 0.1) is 0 Å². The maximum Gasteiger partial charge on any atom is 0.271 e. The first-order valence-corrected chi connectivity index (χ1v) is 9.59. The highest BCUT2D eigenvalue weighted by atomic mass is 32.2. The normalized spacial score (nSPS) is 21.2. The van der Waals surface area contributed by atoms with Crippen LogP contribution in [0.15, 0.2) is 35.5 Å². The van der Waals surface area contributed by atoms with Gasteiger partial charge in [-0.3, -0.25) is 9.36 Å². The predicted molar refractivity (Wildman–Crippen MR) is 88.9 cm³/mol. The van der Waals surface area contributed by atoms with Crippen LogP contribution < -0.4 is 10.0 Å².